The molecule has 44 valence electrons. The zero-order valence-corrected chi connectivity index (χ0v) is 7.20. The van der Waals surface area contributed by atoms with Gasteiger partial charge in [0, 0.05) is 0 Å². The summed E-state index contributed by atoms with van der Waals surface area (Å²) in [5.74, 6) is 0. The van der Waals surface area contributed by atoms with E-state index in [1.54, 1.807) is 0 Å². The van der Waals surface area contributed by atoms with Gasteiger partial charge in [-0.1, -0.05) is 0 Å². The van der Waals surface area contributed by atoms with Crippen LogP contribution < -0.4 is 18.9 Å². The van der Waals surface area contributed by atoms with Crippen molar-refractivity contribution >= 4 is 64.1 Å². The fourth-order valence-corrected chi connectivity index (χ4v) is 0. The fraction of sp³-hybridized carbons (Fsp3) is 0. The molecule has 0 fully saturated rings. The predicted molar refractivity (Wildman–Crippen MR) is 33.7 cm³/mol. The molecule has 0 spiro atoms. The van der Waals surface area contributed by atoms with Crippen LogP contribution in [-0.4, -0.2) is 83.3 Å². The Hall–Kier alpha value is 2.45. The summed E-state index contributed by atoms with van der Waals surface area (Å²) in [5.41, 5.74) is 0. The van der Waals surface area contributed by atoms with Crippen molar-refractivity contribution in [3.8, 4) is 0 Å². The maximum Gasteiger partial charge on any atom is 2.00 e. The molecule has 0 saturated carbocycles. The normalized spacial score (nSPS) is 7.50. The Morgan fingerprint density at radius 1 is 1.00 bits per heavy atom. The van der Waals surface area contributed by atoms with Crippen LogP contribution in [0.3, 0.4) is 0 Å². The van der Waals surface area contributed by atoms with Crippen LogP contribution in [0, 0.1) is 0 Å². The molecular formula is H10AlCaLiO4Si. The summed E-state index contributed by atoms with van der Waals surface area (Å²) in [5, 5.41) is 0. The van der Waals surface area contributed by atoms with Crippen LogP contribution >= 0.6 is 0 Å². The topological polar surface area (TPSA) is 80.9 Å². The summed E-state index contributed by atoms with van der Waals surface area (Å²) >= 11 is 0. The maximum atomic E-state index is 7.33. The molecule has 0 unspecified atom stereocenters. The van der Waals surface area contributed by atoms with E-state index in [0.29, 0.717) is 0 Å². The Balaban J connectivity index is -0.00000000533. The monoisotopic (exact) mass is 176 g/mol. The second-order valence-corrected chi connectivity index (χ2v) is 1.80. The smallest absolute Gasteiger partial charge is 1.00 e. The van der Waals surface area contributed by atoms with E-state index in [9.17, 15) is 0 Å². The van der Waals surface area contributed by atoms with Gasteiger partial charge in [-0.3, -0.25) is 0 Å². The minimum absolute atomic E-state index is 0. The molecule has 0 rings (SSSR count). The third kappa shape index (κ3) is 78.3. The van der Waals surface area contributed by atoms with E-state index < -0.39 is 9.05 Å². The largest absolute Gasteiger partial charge is 2.00 e. The van der Waals surface area contributed by atoms with Crippen molar-refractivity contribution < 1.29 is 42.3 Å². The molecule has 0 saturated heterocycles. The van der Waals surface area contributed by atoms with Gasteiger partial charge in [0.15, 0.2) is 17.4 Å². The van der Waals surface area contributed by atoms with Crippen molar-refractivity contribution in [3.63, 3.8) is 0 Å². The number of hydrogen-bond acceptors (Lipinski definition) is 4. The van der Waals surface area contributed by atoms with Gasteiger partial charge in [-0.25, -0.2) is 0 Å². The summed E-state index contributed by atoms with van der Waals surface area (Å²) in [6.07, 6.45) is 0. The molecule has 0 radical (unpaired) electrons. The SMILES string of the molecule is O[Si](O)(O)O.[AlH3].[Ca+2].[H-].[H-].[H-].[Li+]. The summed E-state index contributed by atoms with van der Waals surface area (Å²) < 4.78 is 0. The number of hydrogen-bond donors (Lipinski definition) is 4. The first kappa shape index (κ1) is 22.4. The summed E-state index contributed by atoms with van der Waals surface area (Å²) in [4.78, 5) is 29.3. The van der Waals surface area contributed by atoms with Crippen LogP contribution in [0.25, 0.3) is 0 Å². The molecule has 0 bridgehead atoms. The Labute approximate surface area is 105 Å². The van der Waals surface area contributed by atoms with E-state index in [1.165, 1.54) is 0 Å². The first-order valence-corrected chi connectivity index (χ1v) is 2.68. The van der Waals surface area contributed by atoms with Gasteiger partial charge in [0.1, 0.15) is 0 Å². The molecule has 0 amide bonds. The van der Waals surface area contributed by atoms with Crippen LogP contribution in [0.1, 0.15) is 4.28 Å². The molecule has 0 aliphatic heterocycles. The van der Waals surface area contributed by atoms with Crippen molar-refractivity contribution in [2.24, 2.45) is 0 Å². The van der Waals surface area contributed by atoms with Gasteiger partial charge >= 0.3 is 65.6 Å². The standard InChI is InChI=1S/Al.Ca.Li.H4O4Si.6H/c;;;1-5(2,3)4;;;;;;/h;;;1-4H;;;;;;/q;+2;+1;;;;;3*-1. The van der Waals surface area contributed by atoms with Gasteiger partial charge < -0.3 is 23.5 Å². The number of rotatable bonds is 0. The first-order valence-electron chi connectivity index (χ1n) is 0.894. The zero-order chi connectivity index (χ0) is 4.50. The quantitative estimate of drug-likeness (QED) is 0.277. The second-order valence-electron chi connectivity index (χ2n) is 0.600. The van der Waals surface area contributed by atoms with Gasteiger partial charge in [-0.15, -0.1) is 0 Å². The van der Waals surface area contributed by atoms with E-state index in [2.05, 4.69) is 0 Å². The Morgan fingerprint density at radius 3 is 1.00 bits per heavy atom. The van der Waals surface area contributed by atoms with E-state index in [1.807, 2.05) is 0 Å². The van der Waals surface area contributed by atoms with Crippen LogP contribution in [0.2, 0.25) is 0 Å². The second kappa shape index (κ2) is 9.45. The Bertz CT molecular complexity index is 40.8. The van der Waals surface area contributed by atoms with E-state index in [-0.39, 0.29) is 78.2 Å². The molecular weight excluding hydrogens is 166 g/mol. The van der Waals surface area contributed by atoms with Crippen molar-refractivity contribution in [1.29, 1.82) is 0 Å². The minimum atomic E-state index is -4.61. The molecule has 8 heavy (non-hydrogen) atoms. The van der Waals surface area contributed by atoms with Crippen molar-refractivity contribution in [2.45, 2.75) is 0 Å². The third-order valence-corrected chi connectivity index (χ3v) is 0. The Morgan fingerprint density at radius 2 is 1.00 bits per heavy atom. The van der Waals surface area contributed by atoms with Crippen molar-refractivity contribution in [3.05, 3.63) is 0 Å². The van der Waals surface area contributed by atoms with Gasteiger partial charge in [0.25, 0.3) is 0 Å². The average molecular weight is 176 g/mol. The molecule has 0 aliphatic rings. The minimum Gasteiger partial charge on any atom is -1.00 e. The van der Waals surface area contributed by atoms with Gasteiger partial charge in [-0.05, 0) is 0 Å². The molecule has 0 aromatic heterocycles. The molecule has 0 aromatic carbocycles. The van der Waals surface area contributed by atoms with Crippen molar-refractivity contribution in [2.75, 3.05) is 0 Å². The van der Waals surface area contributed by atoms with Gasteiger partial charge in [-0.2, -0.15) is 0 Å². The summed E-state index contributed by atoms with van der Waals surface area (Å²) in [6, 6.07) is 0. The molecule has 0 heterocycles. The van der Waals surface area contributed by atoms with E-state index >= 15 is 0 Å². The van der Waals surface area contributed by atoms with E-state index in [0.717, 1.165) is 0 Å². The zero-order valence-electron chi connectivity index (χ0n) is 7.00. The summed E-state index contributed by atoms with van der Waals surface area (Å²) in [7, 11) is -4.61. The third-order valence-electron chi connectivity index (χ3n) is 0. The van der Waals surface area contributed by atoms with E-state index in [4.69, 9.17) is 19.2 Å². The fourth-order valence-electron chi connectivity index (χ4n) is 0. The maximum absolute atomic E-state index is 7.33. The van der Waals surface area contributed by atoms with Crippen LogP contribution in [0.4, 0.5) is 0 Å². The molecule has 4 N–H and O–H groups in total. The first-order chi connectivity index (χ1) is 2.00. The molecule has 0 aliphatic carbocycles. The van der Waals surface area contributed by atoms with Crippen LogP contribution in [-0.2, 0) is 0 Å². The van der Waals surface area contributed by atoms with Crippen LogP contribution in [0.5, 0.6) is 0 Å². The molecule has 0 atom stereocenters. The Kier molecular flexibility index (Phi) is 26.5. The van der Waals surface area contributed by atoms with Crippen molar-refractivity contribution in [1.82, 2.24) is 0 Å². The van der Waals surface area contributed by atoms with Crippen LogP contribution in [0.15, 0.2) is 0 Å². The van der Waals surface area contributed by atoms with Gasteiger partial charge in [0.05, 0.1) is 0 Å². The molecule has 0 aromatic rings. The summed E-state index contributed by atoms with van der Waals surface area (Å²) in [6.45, 7) is 0. The molecule has 8 heteroatoms. The molecule has 4 nitrogen and oxygen atoms in total. The predicted octanol–water partition coefficient (Wildman–Crippen LogP) is -6.83. The van der Waals surface area contributed by atoms with Gasteiger partial charge in [0.2, 0.25) is 0 Å². The average Bonchev–Trinajstić information content (AvgIpc) is 0.722.